The van der Waals surface area contributed by atoms with E-state index in [4.69, 9.17) is 5.11 Å². The maximum atomic E-state index is 10.7. The SMILES string of the molecule is C=C[C@H]1CC(C)CCN1C(=O)O. The lowest BCUT2D eigenvalue weighted by Crippen LogP contribution is -2.43. The summed E-state index contributed by atoms with van der Waals surface area (Å²) in [6.45, 7) is 6.44. The first-order chi connectivity index (χ1) is 5.65. The van der Waals surface area contributed by atoms with Gasteiger partial charge in [0.15, 0.2) is 0 Å². The molecular weight excluding hydrogens is 154 g/mol. The number of carbonyl (C=O) groups is 1. The number of amides is 1. The molecule has 3 nitrogen and oxygen atoms in total. The molecule has 0 bridgehead atoms. The Labute approximate surface area is 72.7 Å². The van der Waals surface area contributed by atoms with Gasteiger partial charge in [0.1, 0.15) is 0 Å². The normalized spacial score (nSPS) is 29.9. The summed E-state index contributed by atoms with van der Waals surface area (Å²) >= 11 is 0. The van der Waals surface area contributed by atoms with E-state index in [-0.39, 0.29) is 6.04 Å². The van der Waals surface area contributed by atoms with Crippen LogP contribution in [0, 0.1) is 5.92 Å². The molecular formula is C9H15NO2. The van der Waals surface area contributed by atoms with Crippen LogP contribution in [0.5, 0.6) is 0 Å². The molecule has 0 aromatic rings. The Bertz CT molecular complexity index is 191. The fourth-order valence-electron chi connectivity index (χ4n) is 1.64. The summed E-state index contributed by atoms with van der Waals surface area (Å²) in [4.78, 5) is 12.2. The third-order valence-electron chi connectivity index (χ3n) is 2.42. The predicted octanol–water partition coefficient (Wildman–Crippen LogP) is 1.95. The summed E-state index contributed by atoms with van der Waals surface area (Å²) in [5.74, 6) is 0.614. The highest BCUT2D eigenvalue weighted by Gasteiger charge is 2.27. The maximum Gasteiger partial charge on any atom is 0.407 e. The second-order valence-electron chi connectivity index (χ2n) is 3.41. The van der Waals surface area contributed by atoms with Crippen molar-refractivity contribution in [2.75, 3.05) is 6.54 Å². The summed E-state index contributed by atoms with van der Waals surface area (Å²) in [7, 11) is 0. The van der Waals surface area contributed by atoms with E-state index in [1.54, 1.807) is 6.08 Å². The highest BCUT2D eigenvalue weighted by molar-refractivity contribution is 5.65. The van der Waals surface area contributed by atoms with Crippen LogP contribution in [0.15, 0.2) is 12.7 Å². The molecule has 0 spiro atoms. The third kappa shape index (κ3) is 1.78. The molecule has 0 radical (unpaired) electrons. The van der Waals surface area contributed by atoms with Crippen molar-refractivity contribution in [2.24, 2.45) is 5.92 Å². The van der Waals surface area contributed by atoms with Crippen LogP contribution >= 0.6 is 0 Å². The Morgan fingerprint density at radius 1 is 1.75 bits per heavy atom. The van der Waals surface area contributed by atoms with Crippen molar-refractivity contribution < 1.29 is 9.90 Å². The lowest BCUT2D eigenvalue weighted by molar-refractivity contribution is 0.108. The van der Waals surface area contributed by atoms with Gasteiger partial charge in [-0.3, -0.25) is 0 Å². The van der Waals surface area contributed by atoms with Gasteiger partial charge in [-0.1, -0.05) is 13.0 Å². The lowest BCUT2D eigenvalue weighted by atomic mass is 9.93. The van der Waals surface area contributed by atoms with E-state index in [0.717, 1.165) is 12.8 Å². The standard InChI is InChI=1S/C9H15NO2/c1-3-8-6-7(2)4-5-10(8)9(11)12/h3,7-8H,1,4-6H2,2H3,(H,11,12)/t7?,8-/m0/s1. The zero-order valence-electron chi connectivity index (χ0n) is 7.36. The molecule has 1 aliphatic rings. The van der Waals surface area contributed by atoms with Gasteiger partial charge >= 0.3 is 6.09 Å². The molecule has 1 saturated heterocycles. The van der Waals surface area contributed by atoms with Gasteiger partial charge in [-0.2, -0.15) is 0 Å². The Hall–Kier alpha value is -0.990. The highest BCUT2D eigenvalue weighted by atomic mass is 16.4. The zero-order valence-corrected chi connectivity index (χ0v) is 7.36. The monoisotopic (exact) mass is 169 g/mol. The number of nitrogens with zero attached hydrogens (tertiary/aromatic N) is 1. The molecule has 68 valence electrons. The number of piperidine rings is 1. The Morgan fingerprint density at radius 2 is 2.42 bits per heavy atom. The van der Waals surface area contributed by atoms with Crippen LogP contribution < -0.4 is 0 Å². The first-order valence-electron chi connectivity index (χ1n) is 4.27. The molecule has 0 aromatic heterocycles. The molecule has 0 aliphatic carbocycles. The van der Waals surface area contributed by atoms with Gasteiger partial charge in [0, 0.05) is 6.54 Å². The minimum absolute atomic E-state index is 0.0197. The zero-order chi connectivity index (χ0) is 9.14. The van der Waals surface area contributed by atoms with E-state index < -0.39 is 6.09 Å². The molecule has 0 saturated carbocycles. The van der Waals surface area contributed by atoms with Gasteiger partial charge in [0.05, 0.1) is 6.04 Å². The van der Waals surface area contributed by atoms with Gasteiger partial charge in [-0.15, -0.1) is 6.58 Å². The fraction of sp³-hybridized carbons (Fsp3) is 0.667. The summed E-state index contributed by atoms with van der Waals surface area (Å²) in [6.07, 6.45) is 2.78. The van der Waals surface area contributed by atoms with Crippen LogP contribution in [0.2, 0.25) is 0 Å². The van der Waals surface area contributed by atoms with Crippen LogP contribution in [0.25, 0.3) is 0 Å². The summed E-state index contributed by atoms with van der Waals surface area (Å²) < 4.78 is 0. The van der Waals surface area contributed by atoms with E-state index >= 15 is 0 Å². The summed E-state index contributed by atoms with van der Waals surface area (Å²) in [6, 6.07) is 0.0197. The molecule has 1 amide bonds. The van der Waals surface area contributed by atoms with E-state index in [1.165, 1.54) is 4.90 Å². The van der Waals surface area contributed by atoms with Gasteiger partial charge < -0.3 is 10.0 Å². The third-order valence-corrected chi connectivity index (χ3v) is 2.42. The van der Waals surface area contributed by atoms with Gasteiger partial charge in [-0.25, -0.2) is 4.79 Å². The van der Waals surface area contributed by atoms with Crippen LogP contribution in [0.4, 0.5) is 4.79 Å². The highest BCUT2D eigenvalue weighted by Crippen LogP contribution is 2.22. The quantitative estimate of drug-likeness (QED) is 0.609. The van der Waals surface area contributed by atoms with E-state index in [0.29, 0.717) is 12.5 Å². The van der Waals surface area contributed by atoms with Crippen molar-refractivity contribution in [3.63, 3.8) is 0 Å². The van der Waals surface area contributed by atoms with Crippen LogP contribution in [-0.4, -0.2) is 28.7 Å². The average Bonchev–Trinajstić information content (AvgIpc) is 2.03. The van der Waals surface area contributed by atoms with E-state index in [9.17, 15) is 4.79 Å². The Morgan fingerprint density at radius 3 is 2.92 bits per heavy atom. The molecule has 0 aromatic carbocycles. The molecule has 1 heterocycles. The number of likely N-dealkylation sites (tertiary alicyclic amines) is 1. The minimum Gasteiger partial charge on any atom is -0.465 e. The molecule has 2 atom stereocenters. The Kier molecular flexibility index (Phi) is 2.74. The molecule has 3 heteroatoms. The van der Waals surface area contributed by atoms with Crippen molar-refractivity contribution in [1.29, 1.82) is 0 Å². The smallest absolute Gasteiger partial charge is 0.407 e. The largest absolute Gasteiger partial charge is 0.465 e. The van der Waals surface area contributed by atoms with Crippen LogP contribution in [-0.2, 0) is 0 Å². The molecule has 12 heavy (non-hydrogen) atoms. The lowest BCUT2D eigenvalue weighted by Gasteiger charge is -2.34. The molecule has 1 unspecified atom stereocenters. The molecule has 1 rings (SSSR count). The fourth-order valence-corrected chi connectivity index (χ4v) is 1.64. The molecule has 1 N–H and O–H groups in total. The first-order valence-corrected chi connectivity index (χ1v) is 4.27. The van der Waals surface area contributed by atoms with Crippen molar-refractivity contribution in [3.05, 3.63) is 12.7 Å². The number of rotatable bonds is 1. The maximum absolute atomic E-state index is 10.7. The average molecular weight is 169 g/mol. The number of carboxylic acid groups (broad SMARTS) is 1. The summed E-state index contributed by atoms with van der Waals surface area (Å²) in [5, 5.41) is 8.80. The topological polar surface area (TPSA) is 40.5 Å². The number of hydrogen-bond donors (Lipinski definition) is 1. The predicted molar refractivity (Wildman–Crippen MR) is 47.1 cm³/mol. The van der Waals surface area contributed by atoms with E-state index in [1.807, 2.05) is 0 Å². The van der Waals surface area contributed by atoms with Gasteiger partial charge in [-0.05, 0) is 18.8 Å². The summed E-state index contributed by atoms with van der Waals surface area (Å²) in [5.41, 5.74) is 0. The van der Waals surface area contributed by atoms with Gasteiger partial charge in [0.2, 0.25) is 0 Å². The first kappa shape index (κ1) is 9.10. The van der Waals surface area contributed by atoms with Crippen molar-refractivity contribution in [3.8, 4) is 0 Å². The van der Waals surface area contributed by atoms with Crippen molar-refractivity contribution in [2.45, 2.75) is 25.8 Å². The minimum atomic E-state index is -0.827. The molecule has 1 aliphatic heterocycles. The van der Waals surface area contributed by atoms with Crippen LogP contribution in [0.3, 0.4) is 0 Å². The van der Waals surface area contributed by atoms with Crippen molar-refractivity contribution in [1.82, 2.24) is 4.90 Å². The Balaban J connectivity index is 2.62. The van der Waals surface area contributed by atoms with Gasteiger partial charge in [0.25, 0.3) is 0 Å². The second kappa shape index (κ2) is 3.61. The van der Waals surface area contributed by atoms with Crippen molar-refractivity contribution >= 4 is 6.09 Å². The second-order valence-corrected chi connectivity index (χ2v) is 3.41. The number of hydrogen-bond acceptors (Lipinski definition) is 1. The molecule has 1 fully saturated rings. The van der Waals surface area contributed by atoms with E-state index in [2.05, 4.69) is 13.5 Å². The van der Waals surface area contributed by atoms with Crippen LogP contribution in [0.1, 0.15) is 19.8 Å².